The number of hydrogen-bond acceptors (Lipinski definition) is 4. The van der Waals surface area contributed by atoms with E-state index in [2.05, 4.69) is 10.2 Å². The van der Waals surface area contributed by atoms with Gasteiger partial charge in [-0.15, -0.1) is 0 Å². The molecule has 1 heterocycles. The molecule has 0 aromatic heterocycles. The Bertz CT molecular complexity index is 743. The van der Waals surface area contributed by atoms with Crippen molar-refractivity contribution in [3.05, 3.63) is 28.8 Å². The molecule has 1 aliphatic heterocycles. The minimum atomic E-state index is -3.72. The molecule has 0 unspecified atom stereocenters. The molecule has 1 aromatic rings. The molecular formula is C20H32ClN3O3S. The molecule has 0 aliphatic carbocycles. The Kier molecular flexibility index (Phi) is 9.21. The van der Waals surface area contributed by atoms with Gasteiger partial charge >= 0.3 is 0 Å². The minimum absolute atomic E-state index is 0.0184. The predicted octanol–water partition coefficient (Wildman–Crippen LogP) is 3.37. The van der Waals surface area contributed by atoms with Gasteiger partial charge < -0.3 is 10.2 Å². The average molecular weight is 430 g/mol. The number of rotatable bonds is 9. The largest absolute Gasteiger partial charge is 0.352 e. The molecule has 158 valence electrons. The number of benzene rings is 1. The molecule has 0 spiro atoms. The Morgan fingerprint density at radius 1 is 1.14 bits per heavy atom. The van der Waals surface area contributed by atoms with Gasteiger partial charge in [0.15, 0.2) is 0 Å². The van der Waals surface area contributed by atoms with Gasteiger partial charge in [-0.3, -0.25) is 4.79 Å². The van der Waals surface area contributed by atoms with E-state index in [0.29, 0.717) is 25.2 Å². The Morgan fingerprint density at radius 2 is 1.79 bits per heavy atom. The molecule has 1 fully saturated rings. The van der Waals surface area contributed by atoms with Crippen molar-refractivity contribution in [1.29, 1.82) is 0 Å². The minimum Gasteiger partial charge on any atom is -0.352 e. The second-order valence-electron chi connectivity index (χ2n) is 7.10. The number of carbonyl (C=O) groups excluding carboxylic acids is 1. The summed E-state index contributed by atoms with van der Waals surface area (Å²) in [4.78, 5) is 14.9. The summed E-state index contributed by atoms with van der Waals surface area (Å²) in [5.41, 5.74) is 0.310. The average Bonchev–Trinajstić information content (AvgIpc) is 2.95. The highest BCUT2D eigenvalue weighted by molar-refractivity contribution is 7.89. The lowest BCUT2D eigenvalue weighted by Crippen LogP contribution is -2.32. The highest BCUT2D eigenvalue weighted by Gasteiger charge is 2.25. The van der Waals surface area contributed by atoms with Crippen LogP contribution < -0.4 is 5.32 Å². The van der Waals surface area contributed by atoms with E-state index in [-0.39, 0.29) is 15.8 Å². The van der Waals surface area contributed by atoms with E-state index in [1.54, 1.807) is 19.9 Å². The lowest BCUT2D eigenvalue weighted by atomic mass is 10.2. The first-order valence-electron chi connectivity index (χ1n) is 10.2. The molecule has 6 nitrogen and oxygen atoms in total. The van der Waals surface area contributed by atoms with Crippen LogP contribution in [0.15, 0.2) is 23.1 Å². The van der Waals surface area contributed by atoms with Crippen LogP contribution in [-0.2, 0) is 10.0 Å². The molecular weight excluding hydrogens is 398 g/mol. The third kappa shape index (κ3) is 6.17. The fourth-order valence-electron chi connectivity index (χ4n) is 3.51. The number of nitrogens with one attached hydrogen (secondary N) is 1. The zero-order valence-corrected chi connectivity index (χ0v) is 18.5. The fraction of sp³-hybridized carbons (Fsp3) is 0.650. The molecule has 8 heteroatoms. The van der Waals surface area contributed by atoms with Gasteiger partial charge in [0.25, 0.3) is 5.91 Å². The Morgan fingerprint density at radius 3 is 2.39 bits per heavy atom. The summed E-state index contributed by atoms with van der Waals surface area (Å²) in [5.74, 6) is -0.275. The zero-order valence-electron chi connectivity index (χ0n) is 16.9. The smallest absolute Gasteiger partial charge is 0.251 e. The molecule has 1 N–H and O–H groups in total. The van der Waals surface area contributed by atoms with Gasteiger partial charge in [-0.2, -0.15) is 4.31 Å². The van der Waals surface area contributed by atoms with E-state index < -0.39 is 10.0 Å². The summed E-state index contributed by atoms with van der Waals surface area (Å²) in [6, 6.07) is 4.41. The van der Waals surface area contributed by atoms with E-state index in [9.17, 15) is 13.2 Å². The van der Waals surface area contributed by atoms with Crippen LogP contribution in [-0.4, -0.2) is 62.8 Å². The van der Waals surface area contributed by atoms with E-state index in [1.165, 1.54) is 42.1 Å². The first kappa shape index (κ1) is 23.1. The molecule has 1 amide bonds. The highest BCUT2D eigenvalue weighted by Crippen LogP contribution is 2.26. The normalized spacial score (nSPS) is 16.1. The van der Waals surface area contributed by atoms with Crippen molar-refractivity contribution in [3.63, 3.8) is 0 Å². The van der Waals surface area contributed by atoms with Crippen molar-refractivity contribution in [2.75, 3.05) is 39.3 Å². The summed E-state index contributed by atoms with van der Waals surface area (Å²) in [6.45, 7) is 8.06. The first-order valence-corrected chi connectivity index (χ1v) is 12.0. The van der Waals surface area contributed by atoms with Gasteiger partial charge in [-0.25, -0.2) is 8.42 Å². The molecule has 0 saturated carbocycles. The quantitative estimate of drug-likeness (QED) is 0.611. The van der Waals surface area contributed by atoms with Gasteiger partial charge in [-0.1, -0.05) is 38.3 Å². The number of halogens is 1. The molecule has 0 bridgehead atoms. The van der Waals surface area contributed by atoms with Crippen molar-refractivity contribution in [2.24, 2.45) is 0 Å². The van der Waals surface area contributed by atoms with Gasteiger partial charge in [-0.05, 0) is 57.1 Å². The van der Waals surface area contributed by atoms with Crippen LogP contribution in [0.4, 0.5) is 0 Å². The number of likely N-dealkylation sites (tertiary alicyclic amines) is 1. The lowest BCUT2D eigenvalue weighted by Gasteiger charge is -2.20. The van der Waals surface area contributed by atoms with Crippen molar-refractivity contribution >= 4 is 27.5 Å². The lowest BCUT2D eigenvalue weighted by molar-refractivity contribution is 0.0951. The number of hydrogen-bond donors (Lipinski definition) is 1. The maximum atomic E-state index is 12.8. The molecule has 0 radical (unpaired) electrons. The van der Waals surface area contributed by atoms with Crippen LogP contribution in [0.2, 0.25) is 5.02 Å². The predicted molar refractivity (Wildman–Crippen MR) is 113 cm³/mol. The summed E-state index contributed by atoms with van der Waals surface area (Å²) >= 11 is 6.13. The number of carbonyl (C=O) groups is 1. The summed E-state index contributed by atoms with van der Waals surface area (Å²) in [6.07, 6.45) is 6.00. The SMILES string of the molecule is CCN(CC)S(=O)(=O)c1cc(C(=O)NCCCN2CCCCCC2)ccc1Cl. The number of nitrogens with zero attached hydrogens (tertiary/aromatic N) is 2. The zero-order chi connectivity index (χ0) is 20.6. The summed E-state index contributed by atoms with van der Waals surface area (Å²) in [7, 11) is -3.72. The van der Waals surface area contributed by atoms with Crippen LogP contribution in [0.5, 0.6) is 0 Å². The van der Waals surface area contributed by atoms with E-state index >= 15 is 0 Å². The monoisotopic (exact) mass is 429 g/mol. The van der Waals surface area contributed by atoms with Crippen LogP contribution in [0.3, 0.4) is 0 Å². The maximum absolute atomic E-state index is 12.8. The Balaban J connectivity index is 1.96. The molecule has 28 heavy (non-hydrogen) atoms. The van der Waals surface area contributed by atoms with E-state index in [4.69, 9.17) is 11.6 Å². The molecule has 1 saturated heterocycles. The first-order chi connectivity index (χ1) is 13.4. The van der Waals surface area contributed by atoms with Gasteiger partial charge in [0.05, 0.1) is 5.02 Å². The second-order valence-corrected chi connectivity index (χ2v) is 9.41. The summed E-state index contributed by atoms with van der Waals surface area (Å²) < 4.78 is 26.8. The Hall–Kier alpha value is -1.15. The van der Waals surface area contributed by atoms with Crippen LogP contribution in [0.25, 0.3) is 0 Å². The number of amides is 1. The van der Waals surface area contributed by atoms with Crippen molar-refractivity contribution < 1.29 is 13.2 Å². The van der Waals surface area contributed by atoms with Gasteiger partial charge in [0.2, 0.25) is 10.0 Å². The van der Waals surface area contributed by atoms with Gasteiger partial charge in [0, 0.05) is 25.2 Å². The fourth-order valence-corrected chi connectivity index (χ4v) is 5.47. The van der Waals surface area contributed by atoms with Crippen LogP contribution in [0.1, 0.15) is 56.3 Å². The highest BCUT2D eigenvalue weighted by atomic mass is 35.5. The maximum Gasteiger partial charge on any atom is 0.251 e. The standard InChI is InChI=1S/C20H32ClN3O3S/c1-3-24(4-2)28(26,27)19-16-17(10-11-18(19)21)20(25)22-12-9-15-23-13-7-5-6-8-14-23/h10-11,16H,3-9,12-15H2,1-2H3,(H,22,25). The van der Waals surface area contributed by atoms with Crippen molar-refractivity contribution in [2.45, 2.75) is 50.8 Å². The third-order valence-electron chi connectivity index (χ3n) is 5.15. The molecule has 2 rings (SSSR count). The third-order valence-corrected chi connectivity index (χ3v) is 7.68. The molecule has 0 atom stereocenters. The second kappa shape index (κ2) is 11.1. The Labute approximate surface area is 174 Å². The van der Waals surface area contributed by atoms with Crippen molar-refractivity contribution in [1.82, 2.24) is 14.5 Å². The van der Waals surface area contributed by atoms with Crippen LogP contribution >= 0.6 is 11.6 Å². The topological polar surface area (TPSA) is 69.7 Å². The van der Waals surface area contributed by atoms with E-state index in [0.717, 1.165) is 26.1 Å². The van der Waals surface area contributed by atoms with Gasteiger partial charge in [0.1, 0.15) is 4.90 Å². The molecule has 1 aromatic carbocycles. The number of sulfonamides is 1. The summed E-state index contributed by atoms with van der Waals surface area (Å²) in [5, 5.41) is 3.02. The van der Waals surface area contributed by atoms with E-state index in [1.807, 2.05) is 0 Å². The van der Waals surface area contributed by atoms with Crippen molar-refractivity contribution in [3.8, 4) is 0 Å². The molecule has 1 aliphatic rings. The van der Waals surface area contributed by atoms with Crippen LogP contribution in [0, 0.1) is 0 Å².